The molecule has 0 spiro atoms. The van der Waals surface area contributed by atoms with Crippen LogP contribution in [-0.2, 0) is 0 Å². The van der Waals surface area contributed by atoms with Crippen LogP contribution in [0.3, 0.4) is 0 Å². The van der Waals surface area contributed by atoms with Crippen molar-refractivity contribution in [2.75, 3.05) is 37.8 Å². The second-order valence-corrected chi connectivity index (χ2v) is 5.10. The lowest BCUT2D eigenvalue weighted by atomic mass is 10.3. The number of anilines is 2. The van der Waals surface area contributed by atoms with Gasteiger partial charge < -0.3 is 15.5 Å². The van der Waals surface area contributed by atoms with E-state index in [0.29, 0.717) is 12.4 Å². The molecule has 1 heterocycles. The highest BCUT2D eigenvalue weighted by Gasteiger charge is 2.10. The van der Waals surface area contributed by atoms with Crippen LogP contribution in [0.5, 0.6) is 0 Å². The van der Waals surface area contributed by atoms with Crippen LogP contribution < -0.4 is 10.6 Å². The van der Waals surface area contributed by atoms with Crippen LogP contribution in [0, 0.1) is 11.6 Å². The lowest BCUT2D eigenvalue weighted by Crippen LogP contribution is -2.21. The first-order valence-corrected chi connectivity index (χ1v) is 6.93. The molecule has 0 fully saturated rings. The molecular formula is C15H17F2N5O. The minimum absolute atomic E-state index is 0.0768. The Morgan fingerprint density at radius 1 is 1.17 bits per heavy atom. The summed E-state index contributed by atoms with van der Waals surface area (Å²) in [5, 5.41) is 5.50. The summed E-state index contributed by atoms with van der Waals surface area (Å²) in [5.74, 6) is -2.01. The quantitative estimate of drug-likeness (QED) is 0.851. The highest BCUT2D eigenvalue weighted by molar-refractivity contribution is 6.02. The number of likely N-dealkylation sites (N-methyl/N-ethyl adjacent to an activating group) is 1. The van der Waals surface area contributed by atoms with Gasteiger partial charge in [0.05, 0.1) is 12.4 Å². The summed E-state index contributed by atoms with van der Waals surface area (Å²) in [6, 6.07) is 3.10. The maximum Gasteiger partial charge on any atom is 0.275 e. The largest absolute Gasteiger partial charge is 0.368 e. The fourth-order valence-corrected chi connectivity index (χ4v) is 1.71. The summed E-state index contributed by atoms with van der Waals surface area (Å²) in [6.07, 6.45) is 2.75. The number of halogens is 2. The van der Waals surface area contributed by atoms with Gasteiger partial charge in [-0.1, -0.05) is 0 Å². The van der Waals surface area contributed by atoms with Crippen LogP contribution in [0.15, 0.2) is 30.6 Å². The van der Waals surface area contributed by atoms with Gasteiger partial charge in [-0.3, -0.25) is 4.79 Å². The fourth-order valence-electron chi connectivity index (χ4n) is 1.71. The van der Waals surface area contributed by atoms with E-state index in [9.17, 15) is 13.6 Å². The van der Waals surface area contributed by atoms with Crippen molar-refractivity contribution in [2.24, 2.45) is 0 Å². The summed E-state index contributed by atoms with van der Waals surface area (Å²) >= 11 is 0. The van der Waals surface area contributed by atoms with Crippen LogP contribution in [-0.4, -0.2) is 48.0 Å². The summed E-state index contributed by atoms with van der Waals surface area (Å²) < 4.78 is 25.9. The molecule has 6 nitrogen and oxygen atoms in total. The molecule has 2 N–H and O–H groups in total. The molecule has 0 aliphatic rings. The number of hydrogen-bond donors (Lipinski definition) is 2. The van der Waals surface area contributed by atoms with Crippen LogP contribution >= 0.6 is 0 Å². The summed E-state index contributed by atoms with van der Waals surface area (Å²) in [4.78, 5) is 22.1. The number of carbonyl (C=O) groups is 1. The molecule has 0 saturated carbocycles. The molecule has 2 aromatic rings. The van der Waals surface area contributed by atoms with E-state index in [1.807, 2.05) is 19.0 Å². The summed E-state index contributed by atoms with van der Waals surface area (Å²) in [7, 11) is 3.91. The Morgan fingerprint density at radius 3 is 2.57 bits per heavy atom. The Kier molecular flexibility index (Phi) is 5.53. The average Bonchev–Trinajstić information content (AvgIpc) is 2.51. The van der Waals surface area contributed by atoms with Gasteiger partial charge in [0.1, 0.15) is 11.5 Å². The normalized spacial score (nSPS) is 10.7. The Morgan fingerprint density at radius 2 is 1.96 bits per heavy atom. The van der Waals surface area contributed by atoms with Gasteiger partial charge >= 0.3 is 0 Å². The first-order valence-electron chi connectivity index (χ1n) is 6.93. The Hall–Kier alpha value is -2.61. The number of rotatable bonds is 6. The molecule has 2 rings (SSSR count). The average molecular weight is 321 g/mol. The smallest absolute Gasteiger partial charge is 0.275 e. The van der Waals surface area contributed by atoms with E-state index < -0.39 is 17.5 Å². The maximum atomic E-state index is 13.1. The summed E-state index contributed by atoms with van der Waals surface area (Å²) in [6.45, 7) is 1.53. The molecule has 0 aliphatic carbocycles. The lowest BCUT2D eigenvalue weighted by Gasteiger charge is -2.10. The molecule has 0 aliphatic heterocycles. The van der Waals surface area contributed by atoms with Crippen molar-refractivity contribution in [1.29, 1.82) is 0 Å². The van der Waals surface area contributed by atoms with Gasteiger partial charge in [-0.05, 0) is 26.2 Å². The number of benzene rings is 1. The minimum Gasteiger partial charge on any atom is -0.368 e. The molecule has 0 unspecified atom stereocenters. The van der Waals surface area contributed by atoms with Gasteiger partial charge in [0.25, 0.3) is 5.91 Å². The monoisotopic (exact) mass is 321 g/mol. The minimum atomic E-state index is -1.03. The van der Waals surface area contributed by atoms with Crippen molar-refractivity contribution in [3.05, 3.63) is 47.9 Å². The van der Waals surface area contributed by atoms with Crippen molar-refractivity contribution < 1.29 is 13.6 Å². The predicted octanol–water partition coefficient (Wildman–Crippen LogP) is 1.98. The Balaban J connectivity index is 1.95. The SMILES string of the molecule is CN(C)CCNc1cnc(C(=O)Nc2ccc(F)c(F)c2)cn1. The third-order valence-electron chi connectivity index (χ3n) is 2.93. The van der Waals surface area contributed by atoms with Crippen molar-refractivity contribution in [1.82, 2.24) is 14.9 Å². The molecular weight excluding hydrogens is 304 g/mol. The van der Waals surface area contributed by atoms with Gasteiger partial charge in [0.15, 0.2) is 11.6 Å². The number of aromatic nitrogens is 2. The first-order chi connectivity index (χ1) is 11.0. The number of carbonyl (C=O) groups excluding carboxylic acids is 1. The number of nitrogens with one attached hydrogen (secondary N) is 2. The van der Waals surface area contributed by atoms with Crippen LogP contribution in [0.4, 0.5) is 20.3 Å². The lowest BCUT2D eigenvalue weighted by molar-refractivity contribution is 0.102. The molecule has 122 valence electrons. The third kappa shape index (κ3) is 4.96. The molecule has 0 saturated heterocycles. The molecule has 0 bridgehead atoms. The van der Waals surface area contributed by atoms with Crippen molar-refractivity contribution >= 4 is 17.4 Å². The predicted molar refractivity (Wildman–Crippen MR) is 83.4 cm³/mol. The first kappa shape index (κ1) is 16.8. The van der Waals surface area contributed by atoms with Crippen LogP contribution in [0.25, 0.3) is 0 Å². The fraction of sp³-hybridized carbons (Fsp3) is 0.267. The summed E-state index contributed by atoms with van der Waals surface area (Å²) in [5.41, 5.74) is 0.219. The standard InChI is InChI=1S/C15H17F2N5O/c1-22(2)6-5-18-14-9-19-13(8-20-14)15(23)21-10-3-4-11(16)12(17)7-10/h3-4,7-9H,5-6H2,1-2H3,(H,18,20)(H,21,23). The van der Waals surface area contributed by atoms with Crippen LogP contribution in [0.2, 0.25) is 0 Å². The maximum absolute atomic E-state index is 13.1. The van der Waals surface area contributed by atoms with E-state index in [2.05, 4.69) is 20.6 Å². The second kappa shape index (κ2) is 7.59. The molecule has 1 amide bonds. The van der Waals surface area contributed by atoms with E-state index in [1.54, 1.807) is 0 Å². The van der Waals surface area contributed by atoms with Crippen molar-refractivity contribution in [2.45, 2.75) is 0 Å². The van der Waals surface area contributed by atoms with Crippen molar-refractivity contribution in [3.8, 4) is 0 Å². The zero-order valence-corrected chi connectivity index (χ0v) is 12.8. The van der Waals surface area contributed by atoms with E-state index >= 15 is 0 Å². The van der Waals surface area contributed by atoms with Gasteiger partial charge in [-0.15, -0.1) is 0 Å². The molecule has 1 aromatic carbocycles. The van der Waals surface area contributed by atoms with Gasteiger partial charge in [0.2, 0.25) is 0 Å². The Labute approximate surface area is 132 Å². The van der Waals surface area contributed by atoms with Gasteiger partial charge in [-0.2, -0.15) is 0 Å². The molecule has 1 aromatic heterocycles. The van der Waals surface area contributed by atoms with E-state index in [0.717, 1.165) is 18.7 Å². The number of hydrogen-bond acceptors (Lipinski definition) is 5. The number of nitrogens with zero attached hydrogens (tertiary/aromatic N) is 3. The van der Waals surface area contributed by atoms with Gasteiger partial charge in [0, 0.05) is 24.8 Å². The number of amides is 1. The third-order valence-corrected chi connectivity index (χ3v) is 2.93. The van der Waals surface area contributed by atoms with Crippen LogP contribution in [0.1, 0.15) is 10.5 Å². The second-order valence-electron chi connectivity index (χ2n) is 5.10. The van der Waals surface area contributed by atoms with E-state index in [-0.39, 0.29) is 11.4 Å². The highest BCUT2D eigenvalue weighted by atomic mass is 19.2. The van der Waals surface area contributed by atoms with Crippen molar-refractivity contribution in [3.63, 3.8) is 0 Å². The van der Waals surface area contributed by atoms with E-state index in [4.69, 9.17) is 0 Å². The van der Waals surface area contributed by atoms with Gasteiger partial charge in [-0.25, -0.2) is 18.7 Å². The molecule has 23 heavy (non-hydrogen) atoms. The van der Waals surface area contributed by atoms with E-state index in [1.165, 1.54) is 18.5 Å². The topological polar surface area (TPSA) is 70.2 Å². The molecule has 8 heteroatoms. The molecule has 0 atom stereocenters. The highest BCUT2D eigenvalue weighted by Crippen LogP contribution is 2.14. The Bertz CT molecular complexity index is 676. The zero-order valence-electron chi connectivity index (χ0n) is 12.8. The molecule has 0 radical (unpaired) electrons. The zero-order chi connectivity index (χ0) is 16.8.